The first kappa shape index (κ1) is 11.5. The van der Waals surface area contributed by atoms with Crippen molar-refractivity contribution in [2.75, 3.05) is 0 Å². The molecular weight excluding hydrogens is 284 g/mol. The largest absolute Gasteiger partial charge is 0.290 e. The summed E-state index contributed by atoms with van der Waals surface area (Å²) in [6.45, 7) is 0. The summed E-state index contributed by atoms with van der Waals surface area (Å²) in [6.07, 6.45) is 1.27. The third-order valence-electron chi connectivity index (χ3n) is 4.87. The van der Waals surface area contributed by atoms with Crippen LogP contribution < -0.4 is 0 Å². The van der Waals surface area contributed by atoms with Gasteiger partial charge in [-0.3, -0.25) is 9.59 Å². The lowest BCUT2D eigenvalue weighted by molar-refractivity contribution is -0.116. The molecule has 2 nitrogen and oxygen atoms in total. The summed E-state index contributed by atoms with van der Waals surface area (Å²) in [7, 11) is 0. The zero-order valence-corrected chi connectivity index (χ0v) is 11.6. The van der Waals surface area contributed by atoms with E-state index in [1.807, 2.05) is 12.1 Å². The van der Waals surface area contributed by atoms with Crippen LogP contribution in [0.2, 0.25) is 0 Å². The van der Waals surface area contributed by atoms with E-state index in [1.54, 1.807) is 0 Å². The topological polar surface area (TPSA) is 34.1 Å². The van der Waals surface area contributed by atoms with Crippen molar-refractivity contribution in [3.05, 3.63) is 69.8 Å². The molecule has 2 aromatic carbocycles. The molecule has 21 heavy (non-hydrogen) atoms. The molecular formula is C18H9ClO2. The average Bonchev–Trinajstić information content (AvgIpc) is 2.70. The second-order valence-corrected chi connectivity index (χ2v) is 6.17. The Morgan fingerprint density at radius 3 is 2.14 bits per heavy atom. The van der Waals surface area contributed by atoms with E-state index >= 15 is 0 Å². The molecule has 0 saturated carbocycles. The van der Waals surface area contributed by atoms with Gasteiger partial charge in [-0.15, -0.1) is 0 Å². The molecule has 0 N–H and O–H groups in total. The zero-order valence-electron chi connectivity index (χ0n) is 10.9. The molecule has 5 rings (SSSR count). The number of Topliss-reactive ketones (excluding diaryl/α,β-unsaturated/α-hetero) is 1. The smallest absolute Gasteiger partial charge is 0.201 e. The molecule has 0 aliphatic heterocycles. The Balaban J connectivity index is 1.84. The van der Waals surface area contributed by atoms with Crippen molar-refractivity contribution in [3.63, 3.8) is 0 Å². The highest BCUT2D eigenvalue weighted by atomic mass is 35.5. The van der Waals surface area contributed by atoms with Crippen LogP contribution in [0, 0.1) is 0 Å². The van der Waals surface area contributed by atoms with E-state index in [-0.39, 0.29) is 28.4 Å². The molecule has 0 bridgehead atoms. The summed E-state index contributed by atoms with van der Waals surface area (Å²) >= 11 is 5.92. The van der Waals surface area contributed by atoms with Crippen LogP contribution in [0.15, 0.2) is 58.7 Å². The molecule has 100 valence electrons. The first-order chi connectivity index (χ1) is 10.2. The van der Waals surface area contributed by atoms with Crippen LogP contribution in [0.25, 0.3) is 10.8 Å². The Morgan fingerprint density at radius 2 is 1.48 bits per heavy atom. The van der Waals surface area contributed by atoms with E-state index in [9.17, 15) is 9.59 Å². The van der Waals surface area contributed by atoms with Crippen LogP contribution in [-0.2, 0) is 9.59 Å². The number of carbonyl (C=O) groups excluding carboxylic acids is 2. The highest BCUT2D eigenvalue weighted by molar-refractivity contribution is 6.49. The molecule has 2 aromatic rings. The standard InChI is InChI=1S/C18H9ClO2/c19-11-7-12(20)16-14-9-5-1-3-8-4-2-6-10(13(8)9)15(14)17(16)18(11)21/h1-7,14-15H/t14-,15+/m1/s1. The molecule has 3 aliphatic carbocycles. The fraction of sp³-hybridized carbons (Fsp3) is 0.111. The number of hydrogen-bond acceptors (Lipinski definition) is 2. The Kier molecular flexibility index (Phi) is 1.92. The second-order valence-electron chi connectivity index (χ2n) is 5.76. The lowest BCUT2D eigenvalue weighted by Gasteiger charge is -2.38. The molecule has 0 amide bonds. The number of carbonyl (C=O) groups is 2. The van der Waals surface area contributed by atoms with Crippen molar-refractivity contribution in [1.29, 1.82) is 0 Å². The molecule has 3 aliphatic rings. The first-order valence-electron chi connectivity index (χ1n) is 6.90. The van der Waals surface area contributed by atoms with Crippen molar-refractivity contribution < 1.29 is 9.59 Å². The quantitative estimate of drug-likeness (QED) is 0.695. The van der Waals surface area contributed by atoms with Gasteiger partial charge in [0.2, 0.25) is 5.78 Å². The van der Waals surface area contributed by atoms with E-state index < -0.39 is 0 Å². The summed E-state index contributed by atoms with van der Waals surface area (Å²) < 4.78 is 0. The predicted molar refractivity (Wildman–Crippen MR) is 80.4 cm³/mol. The summed E-state index contributed by atoms with van der Waals surface area (Å²) in [5.41, 5.74) is 3.58. The monoisotopic (exact) mass is 292 g/mol. The number of halogens is 1. The third-order valence-corrected chi connectivity index (χ3v) is 5.15. The number of rotatable bonds is 0. The first-order valence-corrected chi connectivity index (χ1v) is 7.28. The van der Waals surface area contributed by atoms with Crippen LogP contribution in [-0.4, -0.2) is 11.6 Å². The minimum atomic E-state index is -0.183. The molecule has 3 heteroatoms. The fourth-order valence-corrected chi connectivity index (χ4v) is 4.30. The predicted octanol–water partition coefficient (Wildman–Crippen LogP) is 3.61. The maximum Gasteiger partial charge on any atom is 0.201 e. The lowest BCUT2D eigenvalue weighted by atomic mass is 9.62. The number of fused-ring (bicyclic) bond motifs is 5. The minimum absolute atomic E-state index is 0. The Labute approximate surface area is 125 Å². The van der Waals surface area contributed by atoms with Gasteiger partial charge in [-0.2, -0.15) is 0 Å². The number of allylic oxidation sites excluding steroid dienone is 4. The van der Waals surface area contributed by atoms with Gasteiger partial charge in [-0.25, -0.2) is 0 Å². The van der Waals surface area contributed by atoms with E-state index in [1.165, 1.54) is 17.0 Å². The zero-order chi connectivity index (χ0) is 14.3. The van der Waals surface area contributed by atoms with Gasteiger partial charge in [0, 0.05) is 29.1 Å². The van der Waals surface area contributed by atoms with Crippen LogP contribution in [0.5, 0.6) is 0 Å². The van der Waals surface area contributed by atoms with E-state index in [2.05, 4.69) is 24.3 Å². The van der Waals surface area contributed by atoms with Crippen molar-refractivity contribution in [2.24, 2.45) is 0 Å². The van der Waals surface area contributed by atoms with Gasteiger partial charge < -0.3 is 0 Å². The van der Waals surface area contributed by atoms with Crippen molar-refractivity contribution in [1.82, 2.24) is 0 Å². The Morgan fingerprint density at radius 1 is 0.857 bits per heavy atom. The highest BCUT2D eigenvalue weighted by Gasteiger charge is 2.53. The molecule has 0 aromatic heterocycles. The summed E-state index contributed by atoms with van der Waals surface area (Å²) in [6, 6.07) is 12.3. The summed E-state index contributed by atoms with van der Waals surface area (Å²) in [4.78, 5) is 24.6. The summed E-state index contributed by atoms with van der Waals surface area (Å²) in [5.74, 6) is -0.267. The van der Waals surface area contributed by atoms with Crippen molar-refractivity contribution in [3.8, 4) is 0 Å². The molecule has 0 fully saturated rings. The van der Waals surface area contributed by atoms with Gasteiger partial charge >= 0.3 is 0 Å². The van der Waals surface area contributed by atoms with Crippen molar-refractivity contribution in [2.45, 2.75) is 11.8 Å². The normalized spacial score (nSPS) is 25.7. The van der Waals surface area contributed by atoms with Crippen molar-refractivity contribution >= 4 is 33.9 Å². The Hall–Kier alpha value is -2.19. The average molecular weight is 293 g/mol. The molecule has 0 unspecified atom stereocenters. The van der Waals surface area contributed by atoms with Gasteiger partial charge in [0.25, 0.3) is 0 Å². The van der Waals surface area contributed by atoms with Gasteiger partial charge in [0.1, 0.15) is 0 Å². The van der Waals surface area contributed by atoms with Gasteiger partial charge in [0.05, 0.1) is 5.03 Å². The van der Waals surface area contributed by atoms with Gasteiger partial charge in [0.15, 0.2) is 5.78 Å². The number of hydrogen-bond donors (Lipinski definition) is 0. The Bertz CT molecular complexity index is 944. The summed E-state index contributed by atoms with van der Waals surface area (Å²) in [5, 5.41) is 2.40. The van der Waals surface area contributed by atoms with E-state index in [0.29, 0.717) is 11.1 Å². The number of ketones is 2. The van der Waals surface area contributed by atoms with Crippen LogP contribution >= 0.6 is 11.6 Å². The molecule has 0 heterocycles. The molecule has 0 spiro atoms. The van der Waals surface area contributed by atoms with E-state index in [0.717, 1.165) is 10.9 Å². The third kappa shape index (κ3) is 1.17. The fourth-order valence-electron chi connectivity index (χ4n) is 4.10. The molecule has 0 saturated heterocycles. The maximum atomic E-state index is 12.3. The number of benzene rings is 2. The lowest BCUT2D eigenvalue weighted by Crippen LogP contribution is -2.35. The minimum Gasteiger partial charge on any atom is -0.290 e. The highest BCUT2D eigenvalue weighted by Crippen LogP contribution is 2.62. The van der Waals surface area contributed by atoms with Gasteiger partial charge in [-0.05, 0) is 21.9 Å². The van der Waals surface area contributed by atoms with Gasteiger partial charge in [-0.1, -0.05) is 48.0 Å². The van der Waals surface area contributed by atoms with Crippen LogP contribution in [0.4, 0.5) is 0 Å². The van der Waals surface area contributed by atoms with Crippen LogP contribution in [0.1, 0.15) is 23.0 Å². The second kappa shape index (κ2) is 3.52. The molecule has 0 radical (unpaired) electrons. The maximum absolute atomic E-state index is 12.3. The SMILES string of the molecule is O=C1C=C(Cl)C(=O)C2=C1[C@@H]1c3cccc4cccc(c34)[C@H]21. The molecule has 2 atom stereocenters. The van der Waals surface area contributed by atoms with Crippen LogP contribution in [0.3, 0.4) is 0 Å². The van der Waals surface area contributed by atoms with E-state index in [4.69, 9.17) is 11.6 Å².